The van der Waals surface area contributed by atoms with Gasteiger partial charge in [-0.1, -0.05) is 36.4 Å². The molecule has 0 bridgehead atoms. The number of carbonyl (C=O) groups excluding carboxylic acids is 1. The molecule has 2 rings (SSSR count). The average molecular weight is 293 g/mol. The van der Waals surface area contributed by atoms with Crippen LogP contribution in [0.1, 0.15) is 22.8 Å². The van der Waals surface area contributed by atoms with Crippen LogP contribution in [0.2, 0.25) is 0 Å². The first-order valence-electron chi connectivity index (χ1n) is 6.83. The molecule has 0 atom stereocenters. The normalized spacial score (nSPS) is 10.8. The van der Waals surface area contributed by atoms with Gasteiger partial charge in [-0.25, -0.2) is 0 Å². The fraction of sp³-hybridized carbons (Fsp3) is 0.111. The number of phenols is 1. The van der Waals surface area contributed by atoms with Crippen LogP contribution in [-0.4, -0.2) is 17.5 Å². The lowest BCUT2D eigenvalue weighted by atomic mass is 10.0. The van der Waals surface area contributed by atoms with Crippen molar-refractivity contribution in [1.82, 2.24) is 0 Å². The van der Waals surface area contributed by atoms with E-state index in [-0.39, 0.29) is 17.1 Å². The molecule has 0 unspecified atom stereocenters. The van der Waals surface area contributed by atoms with Gasteiger partial charge in [0, 0.05) is 5.56 Å². The Morgan fingerprint density at radius 2 is 2.00 bits per heavy atom. The van der Waals surface area contributed by atoms with Crippen LogP contribution in [0.4, 0.5) is 0 Å². The number of hydrogen-bond donors (Lipinski definition) is 1. The van der Waals surface area contributed by atoms with E-state index in [1.54, 1.807) is 42.5 Å². The monoisotopic (exact) mass is 293 g/mol. The van der Waals surface area contributed by atoms with Crippen LogP contribution < -0.4 is 4.74 Å². The predicted octanol–water partition coefficient (Wildman–Crippen LogP) is 3.58. The molecule has 0 aliphatic heterocycles. The molecule has 4 nitrogen and oxygen atoms in total. The van der Waals surface area contributed by atoms with Gasteiger partial charge in [0.1, 0.15) is 11.6 Å². The number of carbonyl (C=O) groups is 1. The topological polar surface area (TPSA) is 70.3 Å². The van der Waals surface area contributed by atoms with E-state index < -0.39 is 0 Å². The molecule has 22 heavy (non-hydrogen) atoms. The molecule has 4 heteroatoms. The number of allylic oxidation sites excluding steroid dienone is 1. The molecule has 0 fully saturated rings. The van der Waals surface area contributed by atoms with Gasteiger partial charge in [0.2, 0.25) is 5.78 Å². The quantitative estimate of drug-likeness (QED) is 0.519. The molecule has 0 aromatic heterocycles. The fourth-order valence-electron chi connectivity index (χ4n) is 1.95. The fourth-order valence-corrected chi connectivity index (χ4v) is 1.95. The number of benzene rings is 2. The summed E-state index contributed by atoms with van der Waals surface area (Å²) >= 11 is 0. The van der Waals surface area contributed by atoms with E-state index in [9.17, 15) is 15.2 Å². The van der Waals surface area contributed by atoms with Crippen molar-refractivity contribution in [3.63, 3.8) is 0 Å². The predicted molar refractivity (Wildman–Crippen MR) is 83.6 cm³/mol. The second-order valence-corrected chi connectivity index (χ2v) is 4.53. The Morgan fingerprint density at radius 1 is 1.27 bits per heavy atom. The molecule has 0 saturated heterocycles. The summed E-state index contributed by atoms with van der Waals surface area (Å²) in [6.45, 7) is 2.22. The number of ketones is 1. The maximum Gasteiger partial charge on any atom is 0.203 e. The van der Waals surface area contributed by atoms with Gasteiger partial charge in [0.15, 0.2) is 11.5 Å². The molecule has 0 radical (unpaired) electrons. The van der Waals surface area contributed by atoms with Crippen LogP contribution in [0.3, 0.4) is 0 Å². The molecule has 0 aliphatic carbocycles. The van der Waals surface area contributed by atoms with Crippen molar-refractivity contribution in [3.8, 4) is 17.6 Å². The minimum Gasteiger partial charge on any atom is -0.504 e. The van der Waals surface area contributed by atoms with Crippen LogP contribution in [0.5, 0.6) is 11.5 Å². The molecule has 110 valence electrons. The van der Waals surface area contributed by atoms with Crippen molar-refractivity contribution >= 4 is 11.9 Å². The highest BCUT2D eigenvalue weighted by atomic mass is 16.5. The SMILES string of the molecule is CCOc1cc(C=C(C#N)C(=O)c2ccccc2)ccc1O. The third kappa shape index (κ3) is 3.53. The summed E-state index contributed by atoms with van der Waals surface area (Å²) in [6, 6.07) is 15.2. The van der Waals surface area contributed by atoms with E-state index in [2.05, 4.69) is 0 Å². The Morgan fingerprint density at radius 3 is 2.64 bits per heavy atom. The molecule has 0 amide bonds. The summed E-state index contributed by atoms with van der Waals surface area (Å²) < 4.78 is 5.29. The highest BCUT2D eigenvalue weighted by Crippen LogP contribution is 2.28. The van der Waals surface area contributed by atoms with Crippen molar-refractivity contribution < 1.29 is 14.6 Å². The third-order valence-electron chi connectivity index (χ3n) is 3.00. The zero-order chi connectivity index (χ0) is 15.9. The van der Waals surface area contributed by atoms with Crippen molar-refractivity contribution in [2.45, 2.75) is 6.92 Å². The van der Waals surface area contributed by atoms with Gasteiger partial charge < -0.3 is 9.84 Å². The number of nitriles is 1. The van der Waals surface area contributed by atoms with Crippen molar-refractivity contribution in [3.05, 3.63) is 65.2 Å². The highest BCUT2D eigenvalue weighted by Gasteiger charge is 2.12. The maximum atomic E-state index is 12.3. The average Bonchev–Trinajstić information content (AvgIpc) is 2.56. The zero-order valence-electron chi connectivity index (χ0n) is 12.1. The smallest absolute Gasteiger partial charge is 0.203 e. The zero-order valence-corrected chi connectivity index (χ0v) is 12.1. The van der Waals surface area contributed by atoms with Gasteiger partial charge >= 0.3 is 0 Å². The van der Waals surface area contributed by atoms with Crippen molar-refractivity contribution in [2.24, 2.45) is 0 Å². The second kappa shape index (κ2) is 7.09. The number of rotatable bonds is 5. The first kappa shape index (κ1) is 15.3. The number of aromatic hydroxyl groups is 1. The summed E-state index contributed by atoms with van der Waals surface area (Å²) in [6.07, 6.45) is 1.48. The highest BCUT2D eigenvalue weighted by molar-refractivity contribution is 6.14. The van der Waals surface area contributed by atoms with Gasteiger partial charge in [-0.05, 0) is 30.7 Å². The molecule has 2 aromatic carbocycles. The molecule has 0 heterocycles. The summed E-state index contributed by atoms with van der Waals surface area (Å²) in [4.78, 5) is 12.3. The lowest BCUT2D eigenvalue weighted by Crippen LogP contribution is -2.01. The minimum absolute atomic E-state index is 0.0203. The van der Waals surface area contributed by atoms with Crippen LogP contribution in [0.15, 0.2) is 54.1 Å². The summed E-state index contributed by atoms with van der Waals surface area (Å²) in [5.41, 5.74) is 1.10. The standard InChI is InChI=1S/C18H15NO3/c1-2-22-17-11-13(8-9-16(17)20)10-15(12-19)18(21)14-6-4-3-5-7-14/h3-11,20H,2H2,1H3. The Balaban J connectivity index is 2.35. The molecule has 2 aromatic rings. The Hall–Kier alpha value is -3.06. The lowest BCUT2D eigenvalue weighted by Gasteiger charge is -2.06. The van der Waals surface area contributed by atoms with Crippen molar-refractivity contribution in [2.75, 3.05) is 6.61 Å². The van der Waals surface area contributed by atoms with E-state index in [1.165, 1.54) is 12.1 Å². The summed E-state index contributed by atoms with van der Waals surface area (Å²) in [5, 5.41) is 18.9. The van der Waals surface area contributed by atoms with Gasteiger partial charge in [-0.3, -0.25) is 4.79 Å². The Labute approximate surface area is 128 Å². The van der Waals surface area contributed by atoms with E-state index in [1.807, 2.05) is 13.0 Å². The van der Waals surface area contributed by atoms with Crippen LogP contribution >= 0.6 is 0 Å². The second-order valence-electron chi connectivity index (χ2n) is 4.53. The van der Waals surface area contributed by atoms with Crippen LogP contribution in [0, 0.1) is 11.3 Å². The summed E-state index contributed by atoms with van der Waals surface area (Å²) in [5.74, 6) is 0.00160. The first-order chi connectivity index (χ1) is 10.7. The van der Waals surface area contributed by atoms with Crippen LogP contribution in [0.25, 0.3) is 6.08 Å². The first-order valence-corrected chi connectivity index (χ1v) is 6.83. The Bertz CT molecular complexity index is 743. The third-order valence-corrected chi connectivity index (χ3v) is 3.00. The molecule has 0 spiro atoms. The largest absolute Gasteiger partial charge is 0.504 e. The molecule has 0 aliphatic rings. The van der Waals surface area contributed by atoms with E-state index in [4.69, 9.17) is 4.74 Å². The number of Topliss-reactive ketones (excluding diaryl/α,β-unsaturated/α-hetero) is 1. The van der Waals surface area contributed by atoms with Gasteiger partial charge in [0.25, 0.3) is 0 Å². The van der Waals surface area contributed by atoms with E-state index >= 15 is 0 Å². The Kier molecular flexibility index (Phi) is 4.94. The molecule has 0 saturated carbocycles. The van der Waals surface area contributed by atoms with Crippen LogP contribution in [-0.2, 0) is 0 Å². The number of phenolic OH excluding ortho intramolecular Hbond substituents is 1. The lowest BCUT2D eigenvalue weighted by molar-refractivity contribution is 0.104. The number of ether oxygens (including phenoxy) is 1. The van der Waals surface area contributed by atoms with Gasteiger partial charge in [-0.2, -0.15) is 5.26 Å². The van der Waals surface area contributed by atoms with E-state index in [0.717, 1.165) is 0 Å². The van der Waals surface area contributed by atoms with E-state index in [0.29, 0.717) is 23.5 Å². The van der Waals surface area contributed by atoms with Gasteiger partial charge in [0.05, 0.1) is 6.61 Å². The molecular formula is C18H15NO3. The van der Waals surface area contributed by atoms with Gasteiger partial charge in [-0.15, -0.1) is 0 Å². The molecule has 1 N–H and O–H groups in total. The minimum atomic E-state index is -0.339. The number of hydrogen-bond acceptors (Lipinski definition) is 4. The summed E-state index contributed by atoms with van der Waals surface area (Å²) in [7, 11) is 0. The maximum absolute atomic E-state index is 12.3. The molecular weight excluding hydrogens is 278 g/mol. The van der Waals surface area contributed by atoms with Crippen molar-refractivity contribution in [1.29, 1.82) is 5.26 Å². The number of nitrogens with zero attached hydrogens (tertiary/aromatic N) is 1.